The minimum Gasteiger partial charge on any atom is -0.480 e. The maximum absolute atomic E-state index is 12.7. The summed E-state index contributed by atoms with van der Waals surface area (Å²) in [6.07, 6.45) is -1.71. The van der Waals surface area contributed by atoms with Crippen LogP contribution in [0.15, 0.2) is 0 Å². The number of hydrogen-bond acceptors (Lipinski definition) is 8. The number of carbonyl (C=O) groups excluding carboxylic acids is 4. The molecular formula is C17H31N5O8. The predicted octanol–water partition coefficient (Wildman–Crippen LogP) is -3.85. The van der Waals surface area contributed by atoms with E-state index in [0.29, 0.717) is 0 Å². The van der Waals surface area contributed by atoms with Crippen LogP contribution < -0.4 is 27.4 Å². The van der Waals surface area contributed by atoms with E-state index in [-0.39, 0.29) is 12.3 Å². The minimum absolute atomic E-state index is 0.0713. The Bertz CT molecular complexity index is 640. The highest BCUT2D eigenvalue weighted by molar-refractivity contribution is 5.95. The number of aliphatic hydroxyl groups is 2. The van der Waals surface area contributed by atoms with Crippen molar-refractivity contribution in [3.63, 3.8) is 0 Å². The van der Waals surface area contributed by atoms with Gasteiger partial charge in [-0.05, 0) is 19.3 Å². The predicted molar refractivity (Wildman–Crippen MR) is 103 cm³/mol. The lowest BCUT2D eigenvalue weighted by Gasteiger charge is -2.27. The summed E-state index contributed by atoms with van der Waals surface area (Å²) in [6, 6.07) is -5.62. The number of rotatable bonds is 13. The Hall–Kier alpha value is -2.77. The molecule has 0 aliphatic rings. The van der Waals surface area contributed by atoms with Crippen LogP contribution in [0, 0.1) is 5.92 Å². The van der Waals surface area contributed by atoms with Crippen LogP contribution in [0.4, 0.5) is 0 Å². The zero-order valence-corrected chi connectivity index (χ0v) is 17.1. The first-order valence-electron chi connectivity index (χ1n) is 9.26. The largest absolute Gasteiger partial charge is 0.480 e. The summed E-state index contributed by atoms with van der Waals surface area (Å²) in [5.74, 6) is -5.06. The molecule has 0 spiro atoms. The van der Waals surface area contributed by atoms with Crippen LogP contribution in [0.5, 0.6) is 0 Å². The van der Waals surface area contributed by atoms with Gasteiger partial charge in [0.15, 0.2) is 0 Å². The van der Waals surface area contributed by atoms with Gasteiger partial charge in [-0.3, -0.25) is 19.2 Å². The summed E-state index contributed by atoms with van der Waals surface area (Å²) in [7, 11) is 0. The highest BCUT2D eigenvalue weighted by atomic mass is 16.4. The third-order valence-corrected chi connectivity index (χ3v) is 3.96. The van der Waals surface area contributed by atoms with Gasteiger partial charge in [0.05, 0.1) is 25.2 Å². The molecule has 13 heteroatoms. The Balaban J connectivity index is 5.35. The van der Waals surface area contributed by atoms with Gasteiger partial charge in [0.2, 0.25) is 23.6 Å². The molecule has 5 atom stereocenters. The summed E-state index contributed by atoms with van der Waals surface area (Å²) in [6.45, 7) is 3.84. The lowest BCUT2D eigenvalue weighted by molar-refractivity contribution is -0.144. The van der Waals surface area contributed by atoms with Crippen molar-refractivity contribution in [1.29, 1.82) is 0 Å². The lowest BCUT2D eigenvalue weighted by Crippen LogP contribution is -2.60. The van der Waals surface area contributed by atoms with Crippen LogP contribution >= 0.6 is 0 Å². The first kappa shape index (κ1) is 27.2. The highest BCUT2D eigenvalue weighted by Gasteiger charge is 2.32. The number of amides is 4. The van der Waals surface area contributed by atoms with Crippen LogP contribution in [0.1, 0.15) is 33.6 Å². The monoisotopic (exact) mass is 433 g/mol. The molecule has 0 fully saturated rings. The van der Waals surface area contributed by atoms with Gasteiger partial charge in [0, 0.05) is 0 Å². The van der Waals surface area contributed by atoms with Crippen LogP contribution in [0.3, 0.4) is 0 Å². The molecule has 172 valence electrons. The average Bonchev–Trinajstić information content (AvgIpc) is 2.61. The van der Waals surface area contributed by atoms with Crippen molar-refractivity contribution in [2.24, 2.45) is 17.4 Å². The molecule has 0 aliphatic heterocycles. The molecule has 10 N–H and O–H groups in total. The molecule has 0 aromatic heterocycles. The normalized spacial score (nSPS) is 16.0. The molecule has 0 aromatic rings. The Labute approximate surface area is 173 Å². The molecule has 0 aromatic carbocycles. The number of nitrogens with two attached hydrogens (primary N) is 2. The van der Waals surface area contributed by atoms with E-state index in [2.05, 4.69) is 10.6 Å². The summed E-state index contributed by atoms with van der Waals surface area (Å²) < 4.78 is 0. The summed E-state index contributed by atoms with van der Waals surface area (Å²) in [5, 5.41) is 34.4. The standard InChI is InChI=1S/C17H31N5O8/c1-7(2)4-10(20-14(26)9(18)5-12(19)25)15(27)22-13(8(3)24)16(28)21-11(6-23)17(29)30/h7-11,13,23-24H,4-6,18H2,1-3H3,(H2,19,25)(H,20,26)(H,21,28)(H,22,27)(H,29,30)/t8-,9+,10+,11+,13+/m1/s1. The van der Waals surface area contributed by atoms with Crippen molar-refractivity contribution < 1.29 is 39.3 Å². The Kier molecular flexibility index (Phi) is 11.5. The lowest BCUT2D eigenvalue weighted by atomic mass is 10.0. The van der Waals surface area contributed by atoms with Gasteiger partial charge in [0.1, 0.15) is 18.1 Å². The fourth-order valence-electron chi connectivity index (χ4n) is 2.40. The van der Waals surface area contributed by atoms with Crippen molar-refractivity contribution in [3.8, 4) is 0 Å². The number of hydrogen-bond donors (Lipinski definition) is 8. The molecule has 0 bridgehead atoms. The first-order chi connectivity index (χ1) is 13.8. The molecule has 0 radical (unpaired) electrons. The molecule has 0 rings (SSSR count). The van der Waals surface area contributed by atoms with E-state index < -0.39 is 72.9 Å². The fraction of sp³-hybridized carbons (Fsp3) is 0.706. The Morgan fingerprint density at radius 2 is 1.43 bits per heavy atom. The number of nitrogens with one attached hydrogen (secondary N) is 3. The van der Waals surface area contributed by atoms with Crippen molar-refractivity contribution >= 4 is 29.6 Å². The van der Waals surface area contributed by atoms with E-state index >= 15 is 0 Å². The van der Waals surface area contributed by atoms with E-state index in [1.165, 1.54) is 6.92 Å². The van der Waals surface area contributed by atoms with Crippen molar-refractivity contribution in [2.75, 3.05) is 6.61 Å². The van der Waals surface area contributed by atoms with Gasteiger partial charge < -0.3 is 42.7 Å². The Morgan fingerprint density at radius 3 is 1.83 bits per heavy atom. The Morgan fingerprint density at radius 1 is 0.900 bits per heavy atom. The maximum atomic E-state index is 12.7. The number of carboxylic acid groups (broad SMARTS) is 1. The molecule has 0 heterocycles. The number of primary amides is 1. The molecule has 0 saturated heterocycles. The van der Waals surface area contributed by atoms with Gasteiger partial charge in [-0.2, -0.15) is 0 Å². The van der Waals surface area contributed by atoms with E-state index in [4.69, 9.17) is 21.7 Å². The molecular weight excluding hydrogens is 402 g/mol. The van der Waals surface area contributed by atoms with Gasteiger partial charge in [-0.25, -0.2) is 4.79 Å². The van der Waals surface area contributed by atoms with E-state index in [0.717, 1.165) is 0 Å². The van der Waals surface area contributed by atoms with Crippen molar-refractivity contribution in [1.82, 2.24) is 16.0 Å². The van der Waals surface area contributed by atoms with Crippen LogP contribution in [0.2, 0.25) is 0 Å². The van der Waals surface area contributed by atoms with Crippen LogP contribution in [-0.2, 0) is 24.0 Å². The molecule has 13 nitrogen and oxygen atoms in total. The van der Waals surface area contributed by atoms with E-state index in [9.17, 15) is 29.1 Å². The summed E-state index contributed by atoms with van der Waals surface area (Å²) in [5.41, 5.74) is 10.6. The number of aliphatic hydroxyl groups excluding tert-OH is 2. The fourth-order valence-corrected chi connectivity index (χ4v) is 2.40. The molecule has 4 amide bonds. The topological polar surface area (TPSA) is 234 Å². The highest BCUT2D eigenvalue weighted by Crippen LogP contribution is 2.07. The average molecular weight is 433 g/mol. The minimum atomic E-state index is -1.63. The maximum Gasteiger partial charge on any atom is 0.328 e. The molecule has 0 saturated carbocycles. The van der Waals surface area contributed by atoms with Crippen LogP contribution in [-0.4, -0.2) is 81.8 Å². The quantitative estimate of drug-likeness (QED) is 0.142. The first-order valence-corrected chi connectivity index (χ1v) is 9.26. The van der Waals surface area contributed by atoms with Gasteiger partial charge in [0.25, 0.3) is 0 Å². The third kappa shape index (κ3) is 9.62. The molecule has 0 unspecified atom stereocenters. The van der Waals surface area contributed by atoms with Crippen molar-refractivity contribution in [3.05, 3.63) is 0 Å². The zero-order chi connectivity index (χ0) is 23.6. The number of carboxylic acids is 1. The van der Waals surface area contributed by atoms with Crippen LogP contribution in [0.25, 0.3) is 0 Å². The second kappa shape index (κ2) is 12.7. The third-order valence-electron chi connectivity index (χ3n) is 3.96. The summed E-state index contributed by atoms with van der Waals surface area (Å²) >= 11 is 0. The van der Waals surface area contributed by atoms with Gasteiger partial charge in [-0.1, -0.05) is 13.8 Å². The van der Waals surface area contributed by atoms with Crippen molar-refractivity contribution in [2.45, 2.75) is 63.9 Å². The van der Waals surface area contributed by atoms with E-state index in [1.54, 1.807) is 13.8 Å². The molecule has 30 heavy (non-hydrogen) atoms. The molecule has 0 aliphatic carbocycles. The van der Waals surface area contributed by atoms with E-state index in [1.807, 2.05) is 5.32 Å². The zero-order valence-electron chi connectivity index (χ0n) is 17.1. The summed E-state index contributed by atoms with van der Waals surface area (Å²) in [4.78, 5) is 58.9. The van der Waals surface area contributed by atoms with Gasteiger partial charge >= 0.3 is 5.97 Å². The smallest absolute Gasteiger partial charge is 0.328 e. The number of aliphatic carboxylic acids is 1. The SMILES string of the molecule is CC(C)C[C@H](NC(=O)[C@@H](N)CC(N)=O)C(=O)N[C@H](C(=O)N[C@@H](CO)C(=O)O)[C@@H](C)O. The second-order valence-electron chi connectivity index (χ2n) is 7.28. The second-order valence-corrected chi connectivity index (χ2v) is 7.28. The van der Waals surface area contributed by atoms with Gasteiger partial charge in [-0.15, -0.1) is 0 Å². The number of carbonyl (C=O) groups is 5.